The molecule has 0 saturated heterocycles. The molecule has 3 atom stereocenters. The van der Waals surface area contributed by atoms with Gasteiger partial charge in [0.1, 0.15) is 5.60 Å². The normalized spacial score (nSPS) is 26.5. The van der Waals surface area contributed by atoms with Crippen molar-refractivity contribution in [1.29, 1.82) is 0 Å². The van der Waals surface area contributed by atoms with Crippen molar-refractivity contribution in [2.24, 2.45) is 11.7 Å². The van der Waals surface area contributed by atoms with Gasteiger partial charge in [-0.2, -0.15) is 0 Å². The average molecular weight is 302 g/mol. The number of amides is 2. The molecule has 0 unspecified atom stereocenters. The molecule has 0 spiro atoms. The highest BCUT2D eigenvalue weighted by Crippen LogP contribution is 2.30. The maximum atomic E-state index is 11.8. The molecule has 0 bridgehead atoms. The monoisotopic (exact) mass is 302 g/mol. The highest BCUT2D eigenvalue weighted by atomic mass is 16.6. The third kappa shape index (κ3) is 6.31. The fourth-order valence-electron chi connectivity index (χ4n) is 2.34. The molecule has 21 heavy (non-hydrogen) atoms. The Morgan fingerprint density at radius 1 is 1.19 bits per heavy atom. The molecule has 0 aromatic heterocycles. The van der Waals surface area contributed by atoms with E-state index in [2.05, 4.69) is 5.32 Å². The lowest BCUT2D eigenvalue weighted by Gasteiger charge is -2.29. The Bertz CT molecular complexity index is 397. The summed E-state index contributed by atoms with van der Waals surface area (Å²) in [7, 11) is 0. The first-order chi connectivity index (χ1) is 9.37. The van der Waals surface area contributed by atoms with Gasteiger partial charge in [-0.25, -0.2) is 4.79 Å². The van der Waals surface area contributed by atoms with E-state index in [9.17, 15) is 14.7 Å². The SMILES string of the molecule is CC(C)(C)OC(=O)N[C@@H]1C[C@H](C(N)=O)C[C@H]1OC(C)(C)O. The Labute approximate surface area is 125 Å². The van der Waals surface area contributed by atoms with Crippen LogP contribution >= 0.6 is 0 Å². The second kappa shape index (κ2) is 6.19. The number of rotatable bonds is 4. The van der Waals surface area contributed by atoms with Crippen LogP contribution in [0.15, 0.2) is 0 Å². The summed E-state index contributed by atoms with van der Waals surface area (Å²) in [6.45, 7) is 8.28. The molecule has 0 radical (unpaired) electrons. The van der Waals surface area contributed by atoms with Gasteiger partial charge in [0.05, 0.1) is 12.1 Å². The van der Waals surface area contributed by atoms with Crippen LogP contribution in [-0.2, 0) is 14.3 Å². The van der Waals surface area contributed by atoms with Crippen molar-refractivity contribution in [2.75, 3.05) is 0 Å². The number of primary amides is 1. The summed E-state index contributed by atoms with van der Waals surface area (Å²) >= 11 is 0. The summed E-state index contributed by atoms with van der Waals surface area (Å²) in [5.41, 5.74) is 4.70. The Hall–Kier alpha value is -1.34. The van der Waals surface area contributed by atoms with E-state index >= 15 is 0 Å². The van der Waals surface area contributed by atoms with Gasteiger partial charge in [-0.3, -0.25) is 4.79 Å². The van der Waals surface area contributed by atoms with E-state index in [4.69, 9.17) is 15.2 Å². The van der Waals surface area contributed by atoms with Crippen LogP contribution in [0.2, 0.25) is 0 Å². The molecule has 0 aromatic rings. The van der Waals surface area contributed by atoms with E-state index in [1.807, 2.05) is 0 Å². The zero-order valence-corrected chi connectivity index (χ0v) is 13.3. The summed E-state index contributed by atoms with van der Waals surface area (Å²) in [4.78, 5) is 23.2. The van der Waals surface area contributed by atoms with Crippen LogP contribution in [0.1, 0.15) is 47.5 Å². The minimum absolute atomic E-state index is 0.361. The minimum Gasteiger partial charge on any atom is -0.444 e. The third-order valence-electron chi connectivity index (χ3n) is 3.05. The molecule has 2 amide bonds. The summed E-state index contributed by atoms with van der Waals surface area (Å²) in [5, 5.41) is 12.4. The predicted octanol–water partition coefficient (Wildman–Crippen LogP) is 0.889. The van der Waals surface area contributed by atoms with Gasteiger partial charge in [0, 0.05) is 5.92 Å². The molecule has 1 aliphatic rings. The van der Waals surface area contributed by atoms with Gasteiger partial charge in [-0.15, -0.1) is 0 Å². The number of aliphatic hydroxyl groups is 1. The summed E-state index contributed by atoms with van der Waals surface area (Å²) in [6, 6.07) is -0.427. The summed E-state index contributed by atoms with van der Waals surface area (Å²) in [5.74, 6) is -2.18. The van der Waals surface area contributed by atoms with Crippen molar-refractivity contribution >= 4 is 12.0 Å². The standard InChI is InChI=1S/C14H26N2O5/c1-13(2,3)21-12(18)16-9-6-8(11(15)17)7-10(9)20-14(4,5)19/h8-10,19H,6-7H2,1-5H3,(H2,15,17)(H,16,18)/t8-,9+,10+/m0/s1. The van der Waals surface area contributed by atoms with Crippen molar-refractivity contribution in [3.63, 3.8) is 0 Å². The Morgan fingerprint density at radius 2 is 1.76 bits per heavy atom. The molecule has 1 rings (SSSR count). The Kier molecular flexibility index (Phi) is 5.22. The number of nitrogens with two attached hydrogens (primary N) is 1. The van der Waals surface area contributed by atoms with Crippen molar-refractivity contribution in [3.8, 4) is 0 Å². The second-order valence-electron chi connectivity index (χ2n) is 6.93. The van der Waals surface area contributed by atoms with Crippen LogP contribution in [0.4, 0.5) is 4.79 Å². The number of alkyl carbamates (subject to hydrolysis) is 1. The first-order valence-electron chi connectivity index (χ1n) is 7.06. The molecule has 1 fully saturated rings. The molecule has 7 heteroatoms. The molecular weight excluding hydrogens is 276 g/mol. The number of hydrogen-bond acceptors (Lipinski definition) is 5. The van der Waals surface area contributed by atoms with E-state index in [0.29, 0.717) is 12.8 Å². The highest BCUT2D eigenvalue weighted by molar-refractivity contribution is 5.77. The van der Waals surface area contributed by atoms with Gasteiger partial charge in [-0.05, 0) is 47.5 Å². The largest absolute Gasteiger partial charge is 0.444 e. The first-order valence-corrected chi connectivity index (χ1v) is 7.06. The molecule has 1 aliphatic carbocycles. The molecule has 4 N–H and O–H groups in total. The molecule has 0 aliphatic heterocycles. The van der Waals surface area contributed by atoms with E-state index in [1.54, 1.807) is 20.8 Å². The zero-order chi connectivity index (χ0) is 16.4. The fraction of sp³-hybridized carbons (Fsp3) is 0.857. The summed E-state index contributed by atoms with van der Waals surface area (Å²) in [6.07, 6.45) is -0.341. The van der Waals surface area contributed by atoms with Gasteiger partial charge >= 0.3 is 6.09 Å². The first kappa shape index (κ1) is 17.7. The third-order valence-corrected chi connectivity index (χ3v) is 3.05. The number of nitrogens with one attached hydrogen (secondary N) is 1. The Morgan fingerprint density at radius 3 is 2.19 bits per heavy atom. The number of carbonyl (C=O) groups excluding carboxylic acids is 2. The van der Waals surface area contributed by atoms with Gasteiger partial charge in [0.2, 0.25) is 5.91 Å². The maximum absolute atomic E-state index is 11.8. The van der Waals surface area contributed by atoms with Gasteiger partial charge < -0.3 is 25.6 Å². The van der Waals surface area contributed by atoms with Crippen LogP contribution in [0, 0.1) is 5.92 Å². The van der Waals surface area contributed by atoms with Gasteiger partial charge in [0.25, 0.3) is 0 Å². The molecule has 122 valence electrons. The van der Waals surface area contributed by atoms with Crippen LogP contribution in [0.25, 0.3) is 0 Å². The number of hydrogen-bond donors (Lipinski definition) is 3. The summed E-state index contributed by atoms with van der Waals surface area (Å²) < 4.78 is 10.7. The maximum Gasteiger partial charge on any atom is 0.407 e. The van der Waals surface area contributed by atoms with E-state index in [0.717, 1.165) is 0 Å². The molecule has 7 nitrogen and oxygen atoms in total. The smallest absolute Gasteiger partial charge is 0.407 e. The van der Waals surface area contributed by atoms with Crippen LogP contribution in [0.3, 0.4) is 0 Å². The fourth-order valence-corrected chi connectivity index (χ4v) is 2.34. The van der Waals surface area contributed by atoms with Crippen LogP contribution < -0.4 is 11.1 Å². The number of carbonyl (C=O) groups is 2. The quantitative estimate of drug-likeness (QED) is 0.668. The van der Waals surface area contributed by atoms with Gasteiger partial charge in [0.15, 0.2) is 5.79 Å². The van der Waals surface area contributed by atoms with E-state index in [-0.39, 0.29) is 0 Å². The lowest BCUT2D eigenvalue weighted by atomic mass is 10.1. The van der Waals surface area contributed by atoms with Crippen molar-refractivity contribution in [3.05, 3.63) is 0 Å². The van der Waals surface area contributed by atoms with Crippen LogP contribution in [-0.4, -0.2) is 40.6 Å². The lowest BCUT2D eigenvalue weighted by molar-refractivity contribution is -0.208. The Balaban J connectivity index is 2.71. The molecule has 1 saturated carbocycles. The second-order valence-corrected chi connectivity index (χ2v) is 6.93. The minimum atomic E-state index is -1.36. The lowest BCUT2D eigenvalue weighted by Crippen LogP contribution is -2.46. The topological polar surface area (TPSA) is 111 Å². The van der Waals surface area contributed by atoms with Crippen molar-refractivity contribution in [2.45, 2.75) is 71.0 Å². The zero-order valence-electron chi connectivity index (χ0n) is 13.3. The van der Waals surface area contributed by atoms with E-state index in [1.165, 1.54) is 13.8 Å². The van der Waals surface area contributed by atoms with Crippen molar-refractivity contribution in [1.82, 2.24) is 5.32 Å². The van der Waals surface area contributed by atoms with Crippen molar-refractivity contribution < 1.29 is 24.2 Å². The molecule has 0 heterocycles. The number of ether oxygens (including phenoxy) is 2. The highest BCUT2D eigenvalue weighted by Gasteiger charge is 2.41. The van der Waals surface area contributed by atoms with E-state index < -0.39 is 41.5 Å². The predicted molar refractivity (Wildman–Crippen MR) is 76.2 cm³/mol. The average Bonchev–Trinajstić information content (AvgIpc) is 2.55. The molecule has 0 aromatic carbocycles. The van der Waals surface area contributed by atoms with Gasteiger partial charge in [-0.1, -0.05) is 0 Å². The molecular formula is C14H26N2O5. The van der Waals surface area contributed by atoms with Crippen LogP contribution in [0.5, 0.6) is 0 Å².